The molecule has 344 valence electrons. The Morgan fingerprint density at radius 1 is 0.552 bits per heavy atom. The van der Waals surface area contributed by atoms with Crippen LogP contribution >= 0.6 is 11.3 Å². The lowest BCUT2D eigenvalue weighted by molar-refractivity contribution is -0.159. The first-order chi connectivity index (χ1) is 32.6. The van der Waals surface area contributed by atoms with Gasteiger partial charge >= 0.3 is 11.9 Å². The number of aromatic nitrogens is 3. The molecule has 14 heteroatoms. The third kappa shape index (κ3) is 10.6. The number of esters is 2. The fraction of sp³-hybridized carbons (Fsp3) is 0.264. The molecule has 0 saturated heterocycles. The molecule has 3 heterocycles. The van der Waals surface area contributed by atoms with Gasteiger partial charge in [-0.2, -0.15) is 0 Å². The molecule has 0 atom stereocenters. The van der Waals surface area contributed by atoms with Crippen molar-refractivity contribution in [2.24, 2.45) is 0 Å². The van der Waals surface area contributed by atoms with Gasteiger partial charge < -0.3 is 32.8 Å². The number of sulfone groups is 1. The minimum Gasteiger partial charge on any atom is -0.494 e. The van der Waals surface area contributed by atoms with Crippen LogP contribution in [0.3, 0.4) is 0 Å². The molecule has 12 nitrogen and oxygen atoms in total. The Labute approximate surface area is 392 Å². The molecule has 0 bridgehead atoms. The van der Waals surface area contributed by atoms with E-state index in [0.717, 1.165) is 83.2 Å². The molecule has 3 aromatic heterocycles. The standard InChI is InChI=1S/C53H51N3O9S2/c1-36-54-44-33-37(21-24-50(44)66-36)61-29-9-10-30-62-38-19-22-42-40-13-3-5-15-45(40)55(47(42)34-38)27-25-52(57)65-53(58)26-28-56-46-16-6-4-14-41(46)43-23-20-39(35-48(43)56)63-31-11-12-32-64-49-17-7-8-18-51(49)67(2,59)60/h3-8,13-24,33-35H,9-12,25-32H2,1-2H3. The second-order valence-electron chi connectivity index (χ2n) is 16.4. The van der Waals surface area contributed by atoms with Crippen molar-refractivity contribution in [1.29, 1.82) is 0 Å². The maximum absolute atomic E-state index is 13.2. The van der Waals surface area contributed by atoms with Gasteiger partial charge in [0.05, 0.1) is 65.5 Å². The zero-order valence-electron chi connectivity index (χ0n) is 37.4. The van der Waals surface area contributed by atoms with Gasteiger partial charge in [-0.05, 0) is 93.3 Å². The van der Waals surface area contributed by atoms with Crippen LogP contribution in [-0.2, 0) is 37.3 Å². The molecule has 0 aliphatic carbocycles. The van der Waals surface area contributed by atoms with Gasteiger partial charge in [-0.25, -0.2) is 13.4 Å². The van der Waals surface area contributed by atoms with Crippen molar-refractivity contribution in [2.45, 2.75) is 63.4 Å². The third-order valence-corrected chi connectivity index (χ3v) is 13.7. The van der Waals surface area contributed by atoms with Crippen molar-refractivity contribution in [2.75, 3.05) is 32.7 Å². The number of fused-ring (bicyclic) bond motifs is 7. The van der Waals surface area contributed by atoms with Gasteiger partial charge in [-0.1, -0.05) is 48.5 Å². The van der Waals surface area contributed by atoms with Crippen molar-refractivity contribution in [3.63, 3.8) is 0 Å². The van der Waals surface area contributed by atoms with Gasteiger partial charge in [0.2, 0.25) is 0 Å². The molecule has 6 aromatic carbocycles. The predicted octanol–water partition coefficient (Wildman–Crippen LogP) is 11.3. The number of aryl methyl sites for hydroxylation is 3. The van der Waals surface area contributed by atoms with E-state index in [-0.39, 0.29) is 17.7 Å². The summed E-state index contributed by atoms with van der Waals surface area (Å²) in [5.41, 5.74) is 4.74. The molecule has 9 rings (SSSR count). The fourth-order valence-electron chi connectivity index (χ4n) is 8.50. The SMILES string of the molecule is Cc1nc2cc(OCCCCOc3ccc4c5ccccc5n(CCC(=O)OC(=O)CCn5c6ccccc6c6ccc(OCCCCOc7ccccc7S(C)(=O)=O)cc65)c4c3)ccc2s1. The molecule has 0 aliphatic heterocycles. The molecule has 0 amide bonds. The summed E-state index contributed by atoms with van der Waals surface area (Å²) in [7, 11) is -3.40. The number of carbonyl (C=O) groups excluding carboxylic acids is 2. The predicted molar refractivity (Wildman–Crippen MR) is 264 cm³/mol. The summed E-state index contributed by atoms with van der Waals surface area (Å²) >= 11 is 1.68. The normalized spacial score (nSPS) is 11.8. The summed E-state index contributed by atoms with van der Waals surface area (Å²) in [4.78, 5) is 31.2. The zero-order valence-corrected chi connectivity index (χ0v) is 39.1. The first-order valence-corrected chi connectivity index (χ1v) is 25.2. The average Bonchev–Trinajstić information content (AvgIpc) is 3.97. The van der Waals surface area contributed by atoms with E-state index in [0.29, 0.717) is 63.9 Å². The van der Waals surface area contributed by atoms with Crippen LogP contribution in [0.2, 0.25) is 0 Å². The Bertz CT molecular complexity index is 3350. The molecule has 0 radical (unpaired) electrons. The first-order valence-electron chi connectivity index (χ1n) is 22.5. The van der Waals surface area contributed by atoms with Gasteiger partial charge in [0.15, 0.2) is 9.84 Å². The second-order valence-corrected chi connectivity index (χ2v) is 19.6. The number of benzene rings is 6. The van der Waals surface area contributed by atoms with Gasteiger partial charge in [0.1, 0.15) is 27.9 Å². The van der Waals surface area contributed by atoms with Crippen LogP contribution in [0.4, 0.5) is 0 Å². The van der Waals surface area contributed by atoms with E-state index in [1.54, 1.807) is 35.6 Å². The first kappa shape index (κ1) is 45.3. The maximum atomic E-state index is 13.2. The van der Waals surface area contributed by atoms with Crippen molar-refractivity contribution >= 4 is 86.9 Å². The van der Waals surface area contributed by atoms with E-state index in [9.17, 15) is 18.0 Å². The molecule has 0 aliphatic rings. The highest BCUT2D eigenvalue weighted by Gasteiger charge is 2.18. The summed E-state index contributed by atoms with van der Waals surface area (Å²) in [5.74, 6) is 1.40. The molecule has 9 aromatic rings. The topological polar surface area (TPSA) is 137 Å². The van der Waals surface area contributed by atoms with Gasteiger partial charge in [0, 0.05) is 70.1 Å². The largest absolute Gasteiger partial charge is 0.494 e. The number of thiazole rings is 1. The molecular formula is C53H51N3O9S2. The van der Waals surface area contributed by atoms with E-state index < -0.39 is 21.8 Å². The lowest BCUT2D eigenvalue weighted by atomic mass is 10.1. The second kappa shape index (κ2) is 20.3. The van der Waals surface area contributed by atoms with E-state index in [1.165, 1.54) is 6.26 Å². The van der Waals surface area contributed by atoms with Crippen molar-refractivity contribution in [3.05, 3.63) is 132 Å². The molecule has 67 heavy (non-hydrogen) atoms. The van der Waals surface area contributed by atoms with Gasteiger partial charge in [-0.3, -0.25) is 9.59 Å². The van der Waals surface area contributed by atoms with E-state index in [2.05, 4.69) is 32.3 Å². The van der Waals surface area contributed by atoms with Crippen LogP contribution in [-0.4, -0.2) is 67.2 Å². The molecule has 0 spiro atoms. The Hall–Kier alpha value is -6.90. The van der Waals surface area contributed by atoms with E-state index in [4.69, 9.17) is 23.7 Å². The Morgan fingerprint density at radius 2 is 1.01 bits per heavy atom. The molecule has 0 saturated carbocycles. The Morgan fingerprint density at radius 3 is 1.57 bits per heavy atom. The van der Waals surface area contributed by atoms with Crippen molar-refractivity contribution < 1.29 is 41.7 Å². The van der Waals surface area contributed by atoms with Crippen LogP contribution in [0.1, 0.15) is 43.5 Å². The third-order valence-electron chi connectivity index (χ3n) is 11.7. The lowest BCUT2D eigenvalue weighted by Crippen LogP contribution is -2.16. The molecule has 0 unspecified atom stereocenters. The van der Waals surface area contributed by atoms with Crippen LogP contribution < -0.4 is 18.9 Å². The smallest absolute Gasteiger partial charge is 0.315 e. The molecule has 0 fully saturated rings. The summed E-state index contributed by atoms with van der Waals surface area (Å²) in [5, 5.41) is 5.22. The minimum atomic E-state index is -3.40. The monoisotopic (exact) mass is 937 g/mol. The van der Waals surface area contributed by atoms with E-state index >= 15 is 0 Å². The maximum Gasteiger partial charge on any atom is 0.315 e. The molecule has 0 N–H and O–H groups in total. The van der Waals surface area contributed by atoms with Gasteiger partial charge in [0.25, 0.3) is 0 Å². The number of nitrogens with zero attached hydrogens (tertiary/aromatic N) is 3. The molecular weight excluding hydrogens is 887 g/mol. The van der Waals surface area contributed by atoms with E-state index in [1.807, 2.05) is 91.9 Å². The van der Waals surface area contributed by atoms with Crippen LogP contribution in [0.15, 0.2) is 132 Å². The number of carbonyl (C=O) groups is 2. The fourth-order valence-corrected chi connectivity index (χ4v) is 10.1. The van der Waals surface area contributed by atoms with Crippen LogP contribution in [0.25, 0.3) is 53.8 Å². The minimum absolute atomic E-state index is 0.00265. The Balaban J connectivity index is 0.773. The number of rotatable bonds is 21. The number of para-hydroxylation sites is 3. The summed E-state index contributed by atoms with van der Waals surface area (Å²) in [6, 6.07) is 40.7. The number of unbranched alkanes of at least 4 members (excludes halogenated alkanes) is 2. The highest BCUT2D eigenvalue weighted by atomic mass is 32.2. The number of ether oxygens (including phenoxy) is 5. The summed E-state index contributed by atoms with van der Waals surface area (Å²) in [6.45, 7) is 4.53. The van der Waals surface area contributed by atoms with Crippen LogP contribution in [0, 0.1) is 6.92 Å². The summed E-state index contributed by atoms with van der Waals surface area (Å²) in [6.07, 6.45) is 4.19. The van der Waals surface area contributed by atoms with Crippen molar-refractivity contribution in [1.82, 2.24) is 14.1 Å². The highest BCUT2D eigenvalue weighted by Crippen LogP contribution is 2.34. The lowest BCUT2D eigenvalue weighted by Gasteiger charge is -2.11. The highest BCUT2D eigenvalue weighted by molar-refractivity contribution is 7.90. The number of hydrogen-bond donors (Lipinski definition) is 0. The quantitative estimate of drug-likeness (QED) is 0.0389. The average molecular weight is 938 g/mol. The van der Waals surface area contributed by atoms with Gasteiger partial charge in [-0.15, -0.1) is 11.3 Å². The van der Waals surface area contributed by atoms with Crippen molar-refractivity contribution in [3.8, 4) is 23.0 Å². The van der Waals surface area contributed by atoms with Crippen LogP contribution in [0.5, 0.6) is 23.0 Å². The Kier molecular flexibility index (Phi) is 13.7. The summed E-state index contributed by atoms with van der Waals surface area (Å²) < 4.78 is 59.0. The number of hydrogen-bond acceptors (Lipinski definition) is 11. The zero-order chi connectivity index (χ0) is 46.3.